The van der Waals surface area contributed by atoms with E-state index in [0.717, 1.165) is 0 Å². The normalized spacial score (nSPS) is 13.9. The van der Waals surface area contributed by atoms with Gasteiger partial charge in [-0.15, -0.1) is 0 Å². The van der Waals surface area contributed by atoms with Crippen LogP contribution in [-0.2, 0) is 32.8 Å². The van der Waals surface area contributed by atoms with E-state index in [4.69, 9.17) is 44.1 Å². The van der Waals surface area contributed by atoms with Crippen molar-refractivity contribution >= 4 is 41.7 Å². The molecule has 0 saturated heterocycles. The monoisotopic (exact) mass is 371 g/mol. The maximum absolute atomic E-state index is 6.01. The van der Waals surface area contributed by atoms with Gasteiger partial charge < -0.3 is 9.05 Å². The predicted molar refractivity (Wildman–Crippen MR) is 76.7 cm³/mol. The Labute approximate surface area is 133 Å². The molecule has 1 aromatic rings. The van der Waals surface area contributed by atoms with Gasteiger partial charge in [0.1, 0.15) is 5.75 Å². The minimum atomic E-state index is -2.56. The summed E-state index contributed by atoms with van der Waals surface area (Å²) in [6.07, 6.45) is 0. The molecule has 0 bridgehead atoms. The molecule has 106 valence electrons. The topological polar surface area (TPSA) is 30.5 Å². The van der Waals surface area contributed by atoms with Crippen molar-refractivity contribution in [1.29, 1.82) is 0 Å². The van der Waals surface area contributed by atoms with E-state index < -0.39 is 6.64 Å². The summed E-state index contributed by atoms with van der Waals surface area (Å²) in [5.41, 5.74) is 0. The second-order valence-corrected chi connectivity index (χ2v) is 7.72. The Kier molecular flexibility index (Phi) is 8.36. The van der Waals surface area contributed by atoms with Crippen LogP contribution in [0, 0.1) is 0 Å². The summed E-state index contributed by atoms with van der Waals surface area (Å²) in [6.45, 7) is 1.37. The van der Waals surface area contributed by atoms with E-state index in [0.29, 0.717) is 15.8 Å². The maximum Gasteiger partial charge on any atom is 0.312 e. The molecule has 1 aromatic carbocycles. The minimum Gasteiger partial charge on any atom is -0.431 e. The number of hydrogen-bond acceptors (Lipinski definition) is 3. The summed E-state index contributed by atoms with van der Waals surface area (Å²) in [7, 11) is 1.51. The smallest absolute Gasteiger partial charge is 0.312 e. The molecule has 1 rings (SSSR count). The van der Waals surface area contributed by atoms with Crippen LogP contribution in [0.2, 0.25) is 10.0 Å². The zero-order valence-corrected chi connectivity index (χ0v) is 14.3. The van der Waals surface area contributed by atoms with Crippen LogP contribution in [0.25, 0.3) is 0 Å². The molecule has 0 saturated carbocycles. The third-order valence-corrected chi connectivity index (χ3v) is 5.04. The van der Waals surface area contributed by atoms with Crippen molar-refractivity contribution in [3.8, 4) is 5.75 Å². The Balaban J connectivity index is 0.00000289. The van der Waals surface area contributed by atoms with Gasteiger partial charge in [0.25, 0.3) is 0 Å². The van der Waals surface area contributed by atoms with Gasteiger partial charge in [0.05, 0.1) is 5.02 Å². The van der Waals surface area contributed by atoms with Gasteiger partial charge in [0.15, 0.2) is 0 Å². The number of nitrogens with one attached hydrogen (secondary N) is 1. The van der Waals surface area contributed by atoms with E-state index in [9.17, 15) is 0 Å². The summed E-state index contributed by atoms with van der Waals surface area (Å²) >= 11 is 17.1. The van der Waals surface area contributed by atoms with Crippen LogP contribution in [0.15, 0.2) is 18.2 Å². The van der Waals surface area contributed by atoms with E-state index in [1.165, 1.54) is 7.11 Å². The average molecular weight is 373 g/mol. The molecule has 0 aliphatic heterocycles. The molecule has 0 aliphatic rings. The molecule has 1 unspecified atom stereocenters. The molecule has 3 nitrogen and oxygen atoms in total. The van der Waals surface area contributed by atoms with Crippen LogP contribution in [0.1, 0.15) is 13.8 Å². The van der Waals surface area contributed by atoms with E-state index in [-0.39, 0.29) is 22.5 Å². The fraction of sp³-hybridized carbons (Fsp3) is 0.400. The third-order valence-electron chi connectivity index (χ3n) is 1.77. The fourth-order valence-corrected chi connectivity index (χ4v) is 3.77. The first-order valence-electron chi connectivity index (χ1n) is 4.94. The Morgan fingerprint density at radius 2 is 1.94 bits per heavy atom. The predicted octanol–water partition coefficient (Wildman–Crippen LogP) is 4.24. The Morgan fingerprint density at radius 3 is 2.39 bits per heavy atom. The van der Waals surface area contributed by atoms with Crippen LogP contribution in [0.4, 0.5) is 0 Å². The largest absolute Gasteiger partial charge is 0.431 e. The van der Waals surface area contributed by atoms with Crippen LogP contribution >= 0.6 is 29.8 Å². The van der Waals surface area contributed by atoms with Crippen LogP contribution in [0.5, 0.6) is 5.75 Å². The standard InChI is InChI=1S/C10H14Cl2NO2PS.Ni/c1-7(2)13-16(17,14-3)15-10-5-4-8(11)6-9(10)12;/h4-7H,1-3H3,(H,13,17);. The van der Waals surface area contributed by atoms with Crippen LogP contribution in [0.3, 0.4) is 0 Å². The zero-order chi connectivity index (χ0) is 13.1. The Hall–Kier alpha value is 0.664. The second kappa shape index (κ2) is 8.06. The van der Waals surface area contributed by atoms with Gasteiger partial charge in [0.2, 0.25) is 0 Å². The van der Waals surface area contributed by atoms with Gasteiger partial charge in [-0.2, -0.15) is 0 Å². The molecule has 1 N–H and O–H groups in total. The van der Waals surface area contributed by atoms with E-state index >= 15 is 0 Å². The second-order valence-electron chi connectivity index (χ2n) is 3.63. The average Bonchev–Trinajstić information content (AvgIpc) is 2.21. The summed E-state index contributed by atoms with van der Waals surface area (Å²) in [6, 6.07) is 5.12. The SMILES string of the molecule is COP(=S)(NC(C)C)Oc1ccc(Cl)cc1Cl.[Ni]. The van der Waals surface area contributed by atoms with Crippen LogP contribution in [-0.4, -0.2) is 13.2 Å². The first-order valence-corrected chi connectivity index (χ1v) is 8.34. The van der Waals surface area contributed by atoms with Gasteiger partial charge in [0, 0.05) is 34.7 Å². The van der Waals surface area contributed by atoms with Crippen molar-refractivity contribution in [3.63, 3.8) is 0 Å². The van der Waals surface area contributed by atoms with Crippen molar-refractivity contribution < 1.29 is 25.5 Å². The molecule has 0 fully saturated rings. The van der Waals surface area contributed by atoms with Gasteiger partial charge in [-0.1, -0.05) is 23.2 Å². The maximum atomic E-state index is 6.01. The number of rotatable bonds is 5. The number of halogens is 2. The third kappa shape index (κ3) is 5.75. The van der Waals surface area contributed by atoms with Crippen molar-refractivity contribution in [2.24, 2.45) is 0 Å². The fourth-order valence-electron chi connectivity index (χ4n) is 1.11. The van der Waals surface area contributed by atoms with Gasteiger partial charge >= 0.3 is 6.64 Å². The molecular formula is C10H14Cl2NNiO2PS. The van der Waals surface area contributed by atoms with E-state index in [2.05, 4.69) is 5.09 Å². The van der Waals surface area contributed by atoms with Crippen molar-refractivity contribution in [1.82, 2.24) is 5.09 Å². The molecule has 0 aromatic heterocycles. The van der Waals surface area contributed by atoms with Gasteiger partial charge in [-0.05, 0) is 43.9 Å². The molecular weight excluding hydrogens is 359 g/mol. The first-order chi connectivity index (χ1) is 7.86. The summed E-state index contributed by atoms with van der Waals surface area (Å²) in [5.74, 6) is 0.467. The Morgan fingerprint density at radius 1 is 1.33 bits per heavy atom. The quantitative estimate of drug-likeness (QED) is 0.618. The van der Waals surface area contributed by atoms with Gasteiger partial charge in [-0.3, -0.25) is 0 Å². The summed E-state index contributed by atoms with van der Waals surface area (Å²) in [4.78, 5) is 0. The molecule has 1 atom stereocenters. The molecule has 0 aliphatic carbocycles. The number of hydrogen-bond donors (Lipinski definition) is 1. The van der Waals surface area contributed by atoms with Crippen LogP contribution < -0.4 is 9.61 Å². The van der Waals surface area contributed by atoms with Crippen molar-refractivity contribution in [2.45, 2.75) is 19.9 Å². The summed E-state index contributed by atoms with van der Waals surface area (Å²) < 4.78 is 10.9. The first kappa shape index (κ1) is 18.7. The zero-order valence-electron chi connectivity index (χ0n) is 10.1. The van der Waals surface area contributed by atoms with E-state index in [1.807, 2.05) is 13.8 Å². The van der Waals surface area contributed by atoms with Gasteiger partial charge in [-0.25, -0.2) is 5.09 Å². The summed E-state index contributed by atoms with van der Waals surface area (Å²) in [5, 5.41) is 4.04. The Bertz CT molecular complexity index is 448. The number of benzene rings is 1. The molecule has 0 radical (unpaired) electrons. The molecule has 0 spiro atoms. The molecule has 0 heterocycles. The van der Waals surface area contributed by atoms with E-state index in [1.54, 1.807) is 18.2 Å². The minimum absolute atomic E-state index is 0. The molecule has 18 heavy (non-hydrogen) atoms. The molecule has 0 amide bonds. The van der Waals surface area contributed by atoms with Crippen molar-refractivity contribution in [3.05, 3.63) is 28.2 Å². The van der Waals surface area contributed by atoms with Crippen molar-refractivity contribution in [2.75, 3.05) is 7.11 Å². The molecule has 8 heteroatoms.